The minimum absolute atomic E-state index is 0.166. The molecule has 0 bridgehead atoms. The second-order valence-corrected chi connectivity index (χ2v) is 6.62. The third kappa shape index (κ3) is 3.67. The maximum absolute atomic E-state index is 13.4. The van der Waals surface area contributed by atoms with E-state index in [1.165, 1.54) is 24.3 Å². The third-order valence-electron chi connectivity index (χ3n) is 4.67. The highest BCUT2D eigenvalue weighted by Crippen LogP contribution is 2.34. The Kier molecular flexibility index (Phi) is 5.30. The van der Waals surface area contributed by atoms with Crippen LogP contribution in [0.4, 0.5) is 15.8 Å². The van der Waals surface area contributed by atoms with Crippen LogP contribution >= 0.6 is 0 Å². The average Bonchev–Trinajstić information content (AvgIpc) is 3.00. The SMILES string of the molecule is CCOc1ccc(C2=C(Nc3ccccc3)C(=O)N(c3ccc(F)cc3)C2=O)cc1. The number of hydrogen-bond acceptors (Lipinski definition) is 4. The number of para-hydroxylation sites is 1. The molecule has 5 nitrogen and oxygen atoms in total. The maximum Gasteiger partial charge on any atom is 0.282 e. The second kappa shape index (κ2) is 8.21. The number of nitrogens with one attached hydrogen (secondary N) is 1. The molecule has 3 aromatic rings. The van der Waals surface area contributed by atoms with Crippen molar-refractivity contribution in [2.45, 2.75) is 6.92 Å². The van der Waals surface area contributed by atoms with Crippen LogP contribution in [0.1, 0.15) is 12.5 Å². The van der Waals surface area contributed by atoms with Crippen LogP contribution in [0, 0.1) is 5.82 Å². The zero-order valence-corrected chi connectivity index (χ0v) is 16.3. The Morgan fingerprint density at radius 1 is 0.867 bits per heavy atom. The van der Waals surface area contributed by atoms with Crippen LogP contribution in [-0.2, 0) is 9.59 Å². The number of nitrogens with zero attached hydrogens (tertiary/aromatic N) is 1. The van der Waals surface area contributed by atoms with Crippen LogP contribution in [-0.4, -0.2) is 18.4 Å². The van der Waals surface area contributed by atoms with Crippen LogP contribution in [0.3, 0.4) is 0 Å². The Balaban J connectivity index is 1.78. The van der Waals surface area contributed by atoms with Gasteiger partial charge in [-0.3, -0.25) is 9.59 Å². The smallest absolute Gasteiger partial charge is 0.282 e. The molecule has 0 aliphatic carbocycles. The summed E-state index contributed by atoms with van der Waals surface area (Å²) in [6.07, 6.45) is 0. The van der Waals surface area contributed by atoms with Crippen LogP contribution in [0.25, 0.3) is 5.57 Å². The van der Waals surface area contributed by atoms with Gasteiger partial charge in [0, 0.05) is 5.69 Å². The van der Waals surface area contributed by atoms with Crippen LogP contribution < -0.4 is 15.0 Å². The predicted molar refractivity (Wildman–Crippen MR) is 113 cm³/mol. The van der Waals surface area contributed by atoms with E-state index < -0.39 is 17.6 Å². The largest absolute Gasteiger partial charge is 0.494 e. The molecule has 0 saturated carbocycles. The first-order chi connectivity index (χ1) is 14.6. The summed E-state index contributed by atoms with van der Waals surface area (Å²) < 4.78 is 18.8. The summed E-state index contributed by atoms with van der Waals surface area (Å²) in [5.74, 6) is -0.750. The highest BCUT2D eigenvalue weighted by Gasteiger charge is 2.40. The molecule has 30 heavy (non-hydrogen) atoms. The van der Waals surface area contributed by atoms with Gasteiger partial charge >= 0.3 is 0 Å². The molecule has 4 rings (SSSR count). The van der Waals surface area contributed by atoms with Crippen LogP contribution in [0.15, 0.2) is 84.6 Å². The Morgan fingerprint density at radius 3 is 2.17 bits per heavy atom. The Bertz CT molecular complexity index is 1110. The van der Waals surface area contributed by atoms with Gasteiger partial charge in [0.25, 0.3) is 11.8 Å². The number of ether oxygens (including phenoxy) is 1. The van der Waals surface area contributed by atoms with Crippen molar-refractivity contribution in [2.24, 2.45) is 0 Å². The summed E-state index contributed by atoms with van der Waals surface area (Å²) in [4.78, 5) is 27.6. The van der Waals surface area contributed by atoms with E-state index in [0.717, 1.165) is 4.90 Å². The summed E-state index contributed by atoms with van der Waals surface area (Å²) in [5.41, 5.74) is 1.98. The maximum atomic E-state index is 13.4. The Morgan fingerprint density at radius 2 is 1.53 bits per heavy atom. The van der Waals surface area contributed by atoms with Gasteiger partial charge < -0.3 is 10.1 Å². The van der Waals surface area contributed by atoms with Crippen LogP contribution in [0.5, 0.6) is 5.75 Å². The van der Waals surface area contributed by atoms with Gasteiger partial charge in [-0.1, -0.05) is 30.3 Å². The molecule has 1 N–H and O–H groups in total. The first kappa shape index (κ1) is 19.4. The van der Waals surface area contributed by atoms with Crippen molar-refractivity contribution in [2.75, 3.05) is 16.8 Å². The van der Waals surface area contributed by atoms with Gasteiger partial charge in [0.15, 0.2) is 0 Å². The van der Waals surface area contributed by atoms with Crippen molar-refractivity contribution in [3.63, 3.8) is 0 Å². The topological polar surface area (TPSA) is 58.6 Å². The van der Waals surface area contributed by atoms with E-state index in [2.05, 4.69) is 5.32 Å². The fraction of sp³-hybridized carbons (Fsp3) is 0.0833. The zero-order valence-electron chi connectivity index (χ0n) is 16.3. The molecule has 1 aliphatic heterocycles. The van der Waals surface area contributed by atoms with Gasteiger partial charge in [-0.2, -0.15) is 0 Å². The summed E-state index contributed by atoms with van der Waals surface area (Å²) in [6, 6.07) is 21.4. The lowest BCUT2D eigenvalue weighted by molar-refractivity contribution is -0.120. The van der Waals surface area contributed by atoms with E-state index in [-0.39, 0.29) is 11.3 Å². The van der Waals surface area contributed by atoms with Crippen molar-refractivity contribution in [3.05, 3.63) is 95.9 Å². The lowest BCUT2D eigenvalue weighted by atomic mass is 10.0. The molecule has 0 spiro atoms. The Hall–Kier alpha value is -3.93. The van der Waals surface area contributed by atoms with Crippen molar-refractivity contribution in [1.29, 1.82) is 0 Å². The highest BCUT2D eigenvalue weighted by atomic mass is 19.1. The van der Waals surface area contributed by atoms with E-state index in [1.807, 2.05) is 25.1 Å². The molecule has 0 radical (unpaired) electrons. The molecule has 0 unspecified atom stereocenters. The lowest BCUT2D eigenvalue weighted by Gasteiger charge is -2.15. The number of benzene rings is 3. The number of rotatable bonds is 6. The molecule has 2 amide bonds. The summed E-state index contributed by atoms with van der Waals surface area (Å²) in [5, 5.41) is 3.08. The number of halogens is 1. The predicted octanol–water partition coefficient (Wildman–Crippen LogP) is 4.62. The third-order valence-corrected chi connectivity index (χ3v) is 4.67. The first-order valence-electron chi connectivity index (χ1n) is 9.52. The van der Waals surface area contributed by atoms with Crippen molar-refractivity contribution < 1.29 is 18.7 Å². The van der Waals surface area contributed by atoms with E-state index >= 15 is 0 Å². The molecule has 0 fully saturated rings. The van der Waals surface area contributed by atoms with Gasteiger partial charge in [0.05, 0.1) is 17.9 Å². The van der Waals surface area contributed by atoms with Gasteiger partial charge in [-0.25, -0.2) is 9.29 Å². The van der Waals surface area contributed by atoms with E-state index in [0.29, 0.717) is 29.3 Å². The number of anilines is 2. The zero-order chi connectivity index (χ0) is 21.1. The number of carbonyl (C=O) groups excluding carboxylic acids is 2. The molecule has 0 aromatic heterocycles. The molecule has 3 aromatic carbocycles. The number of hydrogen-bond donors (Lipinski definition) is 1. The molecule has 1 heterocycles. The summed E-state index contributed by atoms with van der Waals surface area (Å²) in [7, 11) is 0. The van der Waals surface area contributed by atoms with Crippen molar-refractivity contribution >= 4 is 28.8 Å². The van der Waals surface area contributed by atoms with E-state index in [1.54, 1.807) is 36.4 Å². The summed E-state index contributed by atoms with van der Waals surface area (Å²) in [6.45, 7) is 2.41. The highest BCUT2D eigenvalue weighted by molar-refractivity contribution is 6.46. The fourth-order valence-corrected chi connectivity index (χ4v) is 3.29. The number of imide groups is 1. The molecule has 0 saturated heterocycles. The monoisotopic (exact) mass is 402 g/mol. The minimum atomic E-state index is -0.501. The van der Waals surface area contributed by atoms with Crippen LogP contribution in [0.2, 0.25) is 0 Å². The normalized spacial score (nSPS) is 13.7. The van der Waals surface area contributed by atoms with Gasteiger partial charge in [0.2, 0.25) is 0 Å². The average molecular weight is 402 g/mol. The molecule has 0 atom stereocenters. The van der Waals surface area contributed by atoms with Crippen molar-refractivity contribution in [3.8, 4) is 5.75 Å². The lowest BCUT2D eigenvalue weighted by Crippen LogP contribution is -2.32. The molecule has 150 valence electrons. The number of carbonyl (C=O) groups is 2. The Labute approximate surface area is 173 Å². The summed E-state index contributed by atoms with van der Waals surface area (Å²) >= 11 is 0. The quantitative estimate of drug-likeness (QED) is 0.611. The molecular formula is C24H19FN2O3. The van der Waals surface area contributed by atoms with E-state index in [4.69, 9.17) is 4.74 Å². The van der Waals surface area contributed by atoms with E-state index in [9.17, 15) is 14.0 Å². The van der Waals surface area contributed by atoms with Gasteiger partial charge in [-0.05, 0) is 61.0 Å². The molecule has 1 aliphatic rings. The number of amides is 2. The van der Waals surface area contributed by atoms with Gasteiger partial charge in [-0.15, -0.1) is 0 Å². The second-order valence-electron chi connectivity index (χ2n) is 6.62. The molecule has 6 heteroatoms. The molecular weight excluding hydrogens is 383 g/mol. The van der Waals surface area contributed by atoms with Gasteiger partial charge in [0.1, 0.15) is 17.3 Å². The minimum Gasteiger partial charge on any atom is -0.494 e. The fourth-order valence-electron chi connectivity index (χ4n) is 3.29. The van der Waals surface area contributed by atoms with Crippen molar-refractivity contribution in [1.82, 2.24) is 0 Å². The standard InChI is InChI=1S/C24H19FN2O3/c1-2-30-20-14-8-16(9-15-20)21-22(26-18-6-4-3-5-7-18)24(29)27(23(21)28)19-12-10-17(25)11-13-19/h3-15,26H,2H2,1H3. The first-order valence-corrected chi connectivity index (χ1v) is 9.52.